The van der Waals surface area contributed by atoms with Crippen LogP contribution in [0.5, 0.6) is 5.75 Å². The molecule has 1 aliphatic rings. The van der Waals surface area contributed by atoms with E-state index in [1.165, 1.54) is 0 Å². The van der Waals surface area contributed by atoms with E-state index >= 15 is 0 Å². The standard InChI is InChI=1S/C27H20N4O3/c28-15-21(27(33)29-16-18-9-3-1-4-10-18)26(32)24-22-17-34-23-14-8-7-13-20(23)25(22)31(30-24)19-11-5-2-6-12-19/h1-14,21H,16-17H2,(H,29,33). The summed E-state index contributed by atoms with van der Waals surface area (Å²) in [7, 11) is 0. The number of carbonyl (C=O) groups is 2. The molecule has 34 heavy (non-hydrogen) atoms. The lowest BCUT2D eigenvalue weighted by Crippen LogP contribution is -2.35. The molecule has 0 saturated heterocycles. The fraction of sp³-hybridized carbons (Fsp3) is 0.111. The van der Waals surface area contributed by atoms with Gasteiger partial charge in [-0.05, 0) is 29.8 Å². The highest BCUT2D eigenvalue weighted by Crippen LogP contribution is 2.40. The first-order valence-electron chi connectivity index (χ1n) is 10.8. The third kappa shape index (κ3) is 3.82. The Morgan fingerprint density at radius 2 is 1.68 bits per heavy atom. The summed E-state index contributed by atoms with van der Waals surface area (Å²) < 4.78 is 7.56. The van der Waals surface area contributed by atoms with Crippen LogP contribution < -0.4 is 10.1 Å². The first-order chi connectivity index (χ1) is 16.7. The molecule has 0 radical (unpaired) electrons. The number of amides is 1. The number of rotatable bonds is 6. The molecule has 1 amide bonds. The third-order valence-corrected chi connectivity index (χ3v) is 5.69. The highest BCUT2D eigenvalue weighted by Gasteiger charge is 2.35. The van der Waals surface area contributed by atoms with Crippen LogP contribution in [0, 0.1) is 17.2 Å². The normalized spacial score (nSPS) is 12.4. The first kappa shape index (κ1) is 21.2. The van der Waals surface area contributed by atoms with Crippen LogP contribution in [0.2, 0.25) is 0 Å². The van der Waals surface area contributed by atoms with E-state index in [0.29, 0.717) is 11.3 Å². The lowest BCUT2D eigenvalue weighted by molar-refractivity contribution is -0.122. The van der Waals surface area contributed by atoms with Gasteiger partial charge < -0.3 is 10.1 Å². The van der Waals surface area contributed by atoms with Gasteiger partial charge in [0.2, 0.25) is 11.7 Å². The maximum atomic E-state index is 13.4. The molecule has 1 aromatic heterocycles. The average Bonchev–Trinajstić information content (AvgIpc) is 3.29. The molecular formula is C27H20N4O3. The van der Waals surface area contributed by atoms with Crippen LogP contribution in [0.25, 0.3) is 16.9 Å². The molecule has 0 aliphatic carbocycles. The summed E-state index contributed by atoms with van der Waals surface area (Å²) in [6.45, 7) is 0.336. The summed E-state index contributed by atoms with van der Waals surface area (Å²) in [6, 6.07) is 28.1. The van der Waals surface area contributed by atoms with Crippen molar-refractivity contribution in [1.29, 1.82) is 5.26 Å². The molecule has 0 bridgehead atoms. The number of ether oxygens (including phenoxy) is 1. The number of ketones is 1. The number of aromatic nitrogens is 2. The smallest absolute Gasteiger partial charge is 0.245 e. The van der Waals surface area contributed by atoms with E-state index in [2.05, 4.69) is 10.4 Å². The second-order valence-electron chi connectivity index (χ2n) is 7.84. The minimum atomic E-state index is -1.52. The van der Waals surface area contributed by atoms with Crippen molar-refractivity contribution in [2.45, 2.75) is 13.2 Å². The average molecular weight is 448 g/mol. The van der Waals surface area contributed by atoms with E-state index in [1.807, 2.05) is 91.0 Å². The molecule has 5 rings (SSSR count). The number of nitriles is 1. The van der Waals surface area contributed by atoms with Crippen LogP contribution >= 0.6 is 0 Å². The van der Waals surface area contributed by atoms with Gasteiger partial charge in [0.05, 0.1) is 17.5 Å². The summed E-state index contributed by atoms with van der Waals surface area (Å²) in [5.41, 5.74) is 3.77. The van der Waals surface area contributed by atoms with Crippen LogP contribution in [-0.2, 0) is 17.9 Å². The summed E-state index contributed by atoms with van der Waals surface area (Å²) >= 11 is 0. The minimum absolute atomic E-state index is 0.0646. The van der Waals surface area contributed by atoms with Gasteiger partial charge in [0.15, 0.2) is 5.92 Å². The molecule has 3 aromatic carbocycles. The van der Waals surface area contributed by atoms with E-state index in [4.69, 9.17) is 4.74 Å². The van der Waals surface area contributed by atoms with Crippen molar-refractivity contribution >= 4 is 11.7 Å². The van der Waals surface area contributed by atoms with Crippen LogP contribution in [0.15, 0.2) is 84.9 Å². The maximum absolute atomic E-state index is 13.4. The number of nitrogens with zero attached hydrogens (tertiary/aromatic N) is 3. The van der Waals surface area contributed by atoms with Crippen molar-refractivity contribution < 1.29 is 14.3 Å². The summed E-state index contributed by atoms with van der Waals surface area (Å²) in [4.78, 5) is 26.2. The Hall–Kier alpha value is -4.70. The van der Waals surface area contributed by atoms with Gasteiger partial charge in [-0.25, -0.2) is 4.68 Å². The zero-order valence-corrected chi connectivity index (χ0v) is 18.1. The van der Waals surface area contributed by atoms with E-state index < -0.39 is 17.6 Å². The Balaban J connectivity index is 1.52. The molecule has 1 atom stereocenters. The van der Waals surface area contributed by atoms with Gasteiger partial charge >= 0.3 is 0 Å². The summed E-state index contributed by atoms with van der Waals surface area (Å²) in [5, 5.41) is 17.0. The molecule has 0 saturated carbocycles. The summed E-state index contributed by atoms with van der Waals surface area (Å²) in [6.07, 6.45) is 0. The number of carbonyl (C=O) groups excluding carboxylic acids is 2. The zero-order chi connectivity index (χ0) is 23.5. The van der Waals surface area contributed by atoms with Gasteiger partial charge in [-0.2, -0.15) is 10.4 Å². The van der Waals surface area contributed by atoms with Gasteiger partial charge in [-0.15, -0.1) is 0 Å². The number of Topliss-reactive ketones (excluding diaryl/α,β-unsaturated/α-hetero) is 1. The first-order valence-corrected chi connectivity index (χ1v) is 10.8. The predicted octanol–water partition coefficient (Wildman–Crippen LogP) is 4.07. The predicted molar refractivity (Wildman–Crippen MR) is 125 cm³/mol. The molecule has 2 heterocycles. The number of nitrogens with one attached hydrogen (secondary N) is 1. The quantitative estimate of drug-likeness (QED) is 0.354. The topological polar surface area (TPSA) is 97.0 Å². The van der Waals surface area contributed by atoms with Crippen molar-refractivity contribution in [2.24, 2.45) is 5.92 Å². The molecule has 4 aromatic rings. The Labute approximate surface area is 196 Å². The van der Waals surface area contributed by atoms with Gasteiger partial charge in [0.25, 0.3) is 0 Å². The SMILES string of the molecule is N#CC(C(=O)NCc1ccccc1)C(=O)c1nn(-c2ccccc2)c2c1COc1ccccc1-2. The van der Waals surface area contributed by atoms with E-state index in [0.717, 1.165) is 22.5 Å². The molecule has 7 heteroatoms. The van der Waals surface area contributed by atoms with Gasteiger partial charge in [0.1, 0.15) is 18.1 Å². The van der Waals surface area contributed by atoms with Crippen molar-refractivity contribution in [1.82, 2.24) is 15.1 Å². The van der Waals surface area contributed by atoms with Crippen LogP contribution in [-0.4, -0.2) is 21.5 Å². The molecule has 0 spiro atoms. The molecule has 1 aliphatic heterocycles. The zero-order valence-electron chi connectivity index (χ0n) is 18.1. The number of fused-ring (bicyclic) bond motifs is 3. The van der Waals surface area contributed by atoms with Gasteiger partial charge in [-0.1, -0.05) is 60.7 Å². The molecule has 1 unspecified atom stereocenters. The molecule has 7 nitrogen and oxygen atoms in total. The van der Waals surface area contributed by atoms with Crippen LogP contribution in [0.4, 0.5) is 0 Å². The molecule has 1 N–H and O–H groups in total. The highest BCUT2D eigenvalue weighted by atomic mass is 16.5. The lowest BCUT2D eigenvalue weighted by Gasteiger charge is -2.19. The monoisotopic (exact) mass is 448 g/mol. The third-order valence-electron chi connectivity index (χ3n) is 5.69. The second kappa shape index (κ2) is 9.04. The van der Waals surface area contributed by atoms with Crippen LogP contribution in [0.1, 0.15) is 21.6 Å². The maximum Gasteiger partial charge on any atom is 0.245 e. The Bertz CT molecular complexity index is 1410. The second-order valence-corrected chi connectivity index (χ2v) is 7.84. The highest BCUT2D eigenvalue weighted by molar-refractivity contribution is 6.12. The minimum Gasteiger partial charge on any atom is -0.488 e. The number of para-hydroxylation sites is 2. The number of benzene rings is 3. The Morgan fingerprint density at radius 3 is 2.41 bits per heavy atom. The van der Waals surface area contributed by atoms with E-state index in [1.54, 1.807) is 4.68 Å². The van der Waals surface area contributed by atoms with Crippen molar-refractivity contribution in [3.63, 3.8) is 0 Å². The molecular weight excluding hydrogens is 428 g/mol. The fourth-order valence-corrected chi connectivity index (χ4v) is 4.02. The summed E-state index contributed by atoms with van der Waals surface area (Å²) in [5.74, 6) is -2.15. The van der Waals surface area contributed by atoms with Crippen molar-refractivity contribution in [3.05, 3.63) is 102 Å². The van der Waals surface area contributed by atoms with E-state index in [9.17, 15) is 14.9 Å². The number of hydrogen-bond donors (Lipinski definition) is 1. The Morgan fingerprint density at radius 1 is 1.00 bits per heavy atom. The largest absolute Gasteiger partial charge is 0.488 e. The molecule has 166 valence electrons. The van der Waals surface area contributed by atoms with E-state index in [-0.39, 0.29) is 18.8 Å². The fourth-order valence-electron chi connectivity index (χ4n) is 4.02. The van der Waals surface area contributed by atoms with Crippen molar-refractivity contribution in [3.8, 4) is 28.8 Å². The van der Waals surface area contributed by atoms with Crippen molar-refractivity contribution in [2.75, 3.05) is 0 Å². The Kier molecular flexibility index (Phi) is 5.63. The van der Waals surface area contributed by atoms with Gasteiger partial charge in [-0.3, -0.25) is 9.59 Å². The van der Waals surface area contributed by atoms with Crippen LogP contribution in [0.3, 0.4) is 0 Å². The lowest BCUT2D eigenvalue weighted by atomic mass is 9.96. The molecule has 0 fully saturated rings. The number of hydrogen-bond acceptors (Lipinski definition) is 5. The van der Waals surface area contributed by atoms with Gasteiger partial charge in [0, 0.05) is 17.7 Å².